The molecule has 14 heavy (non-hydrogen) atoms. The summed E-state index contributed by atoms with van der Waals surface area (Å²) in [6.45, 7) is 6.41. The number of carbonyl (C=O) groups excluding carboxylic acids is 1. The summed E-state index contributed by atoms with van der Waals surface area (Å²) in [4.78, 5) is 11.7. The van der Waals surface area contributed by atoms with Crippen LogP contribution >= 0.6 is 23.5 Å². The molecule has 0 saturated heterocycles. The minimum atomic E-state index is -0.409. The Morgan fingerprint density at radius 2 is 2.21 bits per heavy atom. The zero-order valence-electron chi connectivity index (χ0n) is 8.99. The number of ether oxygens (including phenoxy) is 1. The van der Waals surface area contributed by atoms with Crippen molar-refractivity contribution in [2.24, 2.45) is 0 Å². The first-order valence-corrected chi connectivity index (χ1v) is 6.69. The second-order valence-corrected chi connectivity index (χ2v) is 6.09. The van der Waals surface area contributed by atoms with Crippen LogP contribution in [0, 0.1) is 0 Å². The highest BCUT2D eigenvalue weighted by Crippen LogP contribution is 2.21. The van der Waals surface area contributed by atoms with E-state index in [9.17, 15) is 4.79 Å². The van der Waals surface area contributed by atoms with Crippen molar-refractivity contribution in [1.29, 1.82) is 0 Å². The van der Waals surface area contributed by atoms with E-state index in [0.717, 1.165) is 16.7 Å². The van der Waals surface area contributed by atoms with Crippen molar-refractivity contribution in [2.45, 2.75) is 26.4 Å². The standard InChI is InChI=1S/C9H16NO2S2/c1-9(2,3)12-7(11)10-5-6-14-8(10)13-4/h5-6H2,1-4H3/q+1. The molecule has 1 aliphatic rings. The molecule has 0 aromatic rings. The molecule has 0 unspecified atom stereocenters. The van der Waals surface area contributed by atoms with Crippen LogP contribution in [0.15, 0.2) is 0 Å². The second-order valence-electron chi connectivity index (χ2n) is 3.95. The van der Waals surface area contributed by atoms with Gasteiger partial charge in [0.25, 0.3) is 4.38 Å². The molecule has 0 spiro atoms. The van der Waals surface area contributed by atoms with Crippen LogP contribution in [-0.2, 0) is 4.74 Å². The predicted octanol–water partition coefficient (Wildman–Crippen LogP) is 2.40. The smallest absolute Gasteiger partial charge is 0.406 e. The minimum Gasteiger partial charge on any atom is -0.406 e. The zero-order valence-corrected chi connectivity index (χ0v) is 10.6. The molecule has 0 fully saturated rings. The van der Waals surface area contributed by atoms with Crippen LogP contribution in [0.1, 0.15) is 20.8 Å². The van der Waals surface area contributed by atoms with Gasteiger partial charge in [-0.05, 0) is 38.8 Å². The second kappa shape index (κ2) is 4.57. The fraction of sp³-hybridized carbons (Fsp3) is 0.778. The number of rotatable bonds is 0. The van der Waals surface area contributed by atoms with Gasteiger partial charge in [-0.3, -0.25) is 0 Å². The van der Waals surface area contributed by atoms with Gasteiger partial charge < -0.3 is 4.74 Å². The maximum Gasteiger partial charge on any atom is 0.598 e. The quantitative estimate of drug-likeness (QED) is 0.602. The summed E-state index contributed by atoms with van der Waals surface area (Å²) in [5.41, 5.74) is -0.409. The molecule has 80 valence electrons. The number of hydrogen-bond acceptors (Lipinski definition) is 4. The lowest BCUT2D eigenvalue weighted by Gasteiger charge is -2.16. The van der Waals surface area contributed by atoms with Crippen LogP contribution in [0.25, 0.3) is 0 Å². The first kappa shape index (κ1) is 11.9. The molecule has 1 aliphatic heterocycles. The highest BCUT2D eigenvalue weighted by molar-refractivity contribution is 8.38. The predicted molar refractivity (Wildman–Crippen MR) is 62.3 cm³/mol. The maximum atomic E-state index is 11.7. The Morgan fingerprint density at radius 1 is 1.57 bits per heavy atom. The number of amides is 1. The van der Waals surface area contributed by atoms with Crippen molar-refractivity contribution in [3.63, 3.8) is 0 Å². The number of hydrogen-bond donors (Lipinski definition) is 0. The van der Waals surface area contributed by atoms with Crippen LogP contribution in [-0.4, -0.2) is 39.2 Å². The molecule has 1 heterocycles. The van der Waals surface area contributed by atoms with E-state index in [1.54, 1.807) is 28.1 Å². The molecule has 5 heteroatoms. The van der Waals surface area contributed by atoms with Gasteiger partial charge in [0.15, 0.2) is 6.54 Å². The van der Waals surface area contributed by atoms with Crippen LogP contribution in [0.3, 0.4) is 0 Å². The summed E-state index contributed by atoms with van der Waals surface area (Å²) >= 11 is 3.31. The molecule has 0 N–H and O–H groups in total. The van der Waals surface area contributed by atoms with Crippen molar-refractivity contribution >= 4 is 34.0 Å². The number of nitrogens with zero attached hydrogens (tertiary/aromatic N) is 1. The Hall–Kier alpha value is -0.160. The first-order valence-electron chi connectivity index (χ1n) is 4.48. The van der Waals surface area contributed by atoms with Crippen LogP contribution in [0.4, 0.5) is 4.79 Å². The van der Waals surface area contributed by atoms with Gasteiger partial charge >= 0.3 is 6.09 Å². The molecule has 1 amide bonds. The minimum absolute atomic E-state index is 0.230. The van der Waals surface area contributed by atoms with E-state index in [0.29, 0.717) is 0 Å². The third-order valence-corrected chi connectivity index (χ3v) is 3.83. The highest BCUT2D eigenvalue weighted by Gasteiger charge is 2.33. The van der Waals surface area contributed by atoms with Gasteiger partial charge in [0, 0.05) is 0 Å². The molecule has 0 aromatic carbocycles. The molecule has 3 nitrogen and oxygen atoms in total. The Bertz CT molecular complexity index is 268. The maximum absolute atomic E-state index is 11.7. The summed E-state index contributed by atoms with van der Waals surface area (Å²) in [7, 11) is 0. The fourth-order valence-electron chi connectivity index (χ4n) is 1.05. The molecule has 0 bridgehead atoms. The normalized spacial score (nSPS) is 17.4. The van der Waals surface area contributed by atoms with Crippen molar-refractivity contribution in [3.8, 4) is 0 Å². The van der Waals surface area contributed by atoms with Gasteiger partial charge in [0.2, 0.25) is 0 Å². The van der Waals surface area contributed by atoms with E-state index in [2.05, 4.69) is 0 Å². The molecule has 0 aromatic heterocycles. The van der Waals surface area contributed by atoms with E-state index in [-0.39, 0.29) is 6.09 Å². The van der Waals surface area contributed by atoms with Crippen molar-refractivity contribution in [2.75, 3.05) is 18.6 Å². The first-order chi connectivity index (χ1) is 6.44. The van der Waals surface area contributed by atoms with E-state index < -0.39 is 5.60 Å². The molecular formula is C9H16NO2S2+. The molecule has 0 radical (unpaired) electrons. The lowest BCUT2D eigenvalue weighted by atomic mass is 10.2. The summed E-state index contributed by atoms with van der Waals surface area (Å²) in [6, 6.07) is 0. The van der Waals surface area contributed by atoms with E-state index in [1.807, 2.05) is 27.0 Å². The van der Waals surface area contributed by atoms with Crippen LogP contribution < -0.4 is 0 Å². The number of thioether (sulfide) groups is 2. The summed E-state index contributed by atoms with van der Waals surface area (Å²) in [6.07, 6.45) is 1.75. The SMILES string of the molecule is CSC1=[N+](C(=O)OC(C)(C)C)CCS1. The average Bonchev–Trinajstić information content (AvgIpc) is 2.47. The Labute approximate surface area is 93.3 Å². The van der Waals surface area contributed by atoms with Gasteiger partial charge in [-0.25, -0.2) is 0 Å². The Kier molecular flexibility index (Phi) is 3.89. The fourth-order valence-corrected chi connectivity index (χ4v) is 2.92. The zero-order chi connectivity index (χ0) is 10.8. The Morgan fingerprint density at radius 3 is 2.71 bits per heavy atom. The summed E-state index contributed by atoms with van der Waals surface area (Å²) in [5, 5.41) is 0. The van der Waals surface area contributed by atoms with Crippen LogP contribution in [0.2, 0.25) is 0 Å². The molecule has 0 atom stereocenters. The monoisotopic (exact) mass is 234 g/mol. The lowest BCUT2D eigenvalue weighted by molar-refractivity contribution is -0.437. The third kappa shape index (κ3) is 3.20. The van der Waals surface area contributed by atoms with Gasteiger partial charge in [-0.1, -0.05) is 11.8 Å². The highest BCUT2D eigenvalue weighted by atomic mass is 32.2. The largest absolute Gasteiger partial charge is 0.598 e. The van der Waals surface area contributed by atoms with Crippen molar-refractivity contribution in [3.05, 3.63) is 0 Å². The average molecular weight is 234 g/mol. The van der Waals surface area contributed by atoms with Gasteiger partial charge in [-0.15, -0.1) is 4.58 Å². The van der Waals surface area contributed by atoms with E-state index in [1.165, 1.54) is 0 Å². The topological polar surface area (TPSA) is 29.3 Å². The van der Waals surface area contributed by atoms with Gasteiger partial charge in [-0.2, -0.15) is 4.79 Å². The molecular weight excluding hydrogens is 218 g/mol. The summed E-state index contributed by atoms with van der Waals surface area (Å²) < 4.78 is 8.04. The van der Waals surface area contributed by atoms with Crippen LogP contribution in [0.5, 0.6) is 0 Å². The van der Waals surface area contributed by atoms with Gasteiger partial charge in [0.1, 0.15) is 5.60 Å². The van der Waals surface area contributed by atoms with Gasteiger partial charge in [0.05, 0.1) is 5.75 Å². The molecule has 0 aliphatic carbocycles. The molecule has 1 rings (SSSR count). The molecule has 0 saturated carbocycles. The third-order valence-electron chi connectivity index (χ3n) is 1.55. The van der Waals surface area contributed by atoms with E-state index >= 15 is 0 Å². The van der Waals surface area contributed by atoms with E-state index in [4.69, 9.17) is 4.74 Å². The lowest BCUT2D eigenvalue weighted by Crippen LogP contribution is -2.31. The van der Waals surface area contributed by atoms with Crippen molar-refractivity contribution in [1.82, 2.24) is 0 Å². The van der Waals surface area contributed by atoms with Crippen molar-refractivity contribution < 1.29 is 14.1 Å². The summed E-state index contributed by atoms with van der Waals surface area (Å²) in [5.74, 6) is 0.968. The Balaban J connectivity index is 2.69. The number of carbonyl (C=O) groups is 1.